The molecule has 4 aliphatic carbocycles. The fraction of sp³-hybridized carbons (Fsp3) is 0.735. The molecular formula is C34H49F3N2O2. The van der Waals surface area contributed by atoms with Gasteiger partial charge in [-0.25, -0.2) is 4.98 Å². The van der Waals surface area contributed by atoms with Crippen LogP contribution in [0.3, 0.4) is 0 Å². The van der Waals surface area contributed by atoms with E-state index in [2.05, 4.69) is 64.0 Å². The maximum Gasteiger partial charge on any atom is 0.417 e. The molecule has 0 spiro atoms. The van der Waals surface area contributed by atoms with Gasteiger partial charge < -0.3 is 15.5 Å². The van der Waals surface area contributed by atoms with Crippen LogP contribution >= 0.6 is 0 Å². The number of hydrogen-bond acceptors (Lipinski definition) is 4. The average molecular weight is 575 g/mol. The number of nitrogens with zero attached hydrogens (tertiary/aromatic N) is 1. The summed E-state index contributed by atoms with van der Waals surface area (Å²) in [5, 5.41) is 27.0. The highest BCUT2D eigenvalue weighted by molar-refractivity contribution is 5.46. The molecule has 228 valence electrons. The van der Waals surface area contributed by atoms with Gasteiger partial charge in [-0.2, -0.15) is 13.2 Å². The van der Waals surface area contributed by atoms with Crippen LogP contribution < -0.4 is 5.32 Å². The summed E-state index contributed by atoms with van der Waals surface area (Å²) in [6.45, 7) is 13.7. The van der Waals surface area contributed by atoms with Gasteiger partial charge in [0.1, 0.15) is 5.82 Å². The van der Waals surface area contributed by atoms with E-state index in [0.717, 1.165) is 44.4 Å². The molecule has 0 unspecified atom stereocenters. The van der Waals surface area contributed by atoms with Gasteiger partial charge in [-0.1, -0.05) is 65.8 Å². The zero-order valence-electron chi connectivity index (χ0n) is 25.5. The van der Waals surface area contributed by atoms with Crippen molar-refractivity contribution in [2.75, 3.05) is 5.32 Å². The van der Waals surface area contributed by atoms with E-state index in [4.69, 9.17) is 0 Å². The molecule has 7 heteroatoms. The number of hydrogen-bond donors (Lipinski definition) is 3. The molecule has 4 aliphatic rings. The first-order valence-electron chi connectivity index (χ1n) is 15.7. The zero-order chi connectivity index (χ0) is 30.0. The van der Waals surface area contributed by atoms with E-state index < -0.39 is 34.4 Å². The molecule has 41 heavy (non-hydrogen) atoms. The normalized spacial score (nSPS) is 42.0. The highest BCUT2D eigenvalue weighted by Crippen LogP contribution is 2.69. The Bertz CT molecular complexity index is 1170. The Balaban J connectivity index is 1.47. The summed E-state index contributed by atoms with van der Waals surface area (Å²) in [7, 11) is 0. The molecule has 0 saturated heterocycles. The highest BCUT2D eigenvalue weighted by Gasteiger charge is 2.68. The van der Waals surface area contributed by atoms with E-state index in [1.54, 1.807) is 0 Å². The van der Waals surface area contributed by atoms with Crippen molar-refractivity contribution in [3.05, 3.63) is 48.2 Å². The molecule has 10 atom stereocenters. The topological polar surface area (TPSA) is 65.4 Å². The molecule has 1 aromatic rings. The van der Waals surface area contributed by atoms with Gasteiger partial charge in [-0.05, 0) is 91.6 Å². The molecule has 0 aliphatic heterocycles. The van der Waals surface area contributed by atoms with Crippen molar-refractivity contribution in [2.24, 2.45) is 46.3 Å². The SMILES string of the molecule is CC(C)[C@@H](C)/C=C/[C@@H](C)[C@H]1CC[C@H]2[C@@]3(O)C=C[C@@]4(Nc5ccc(C(F)(F)F)cn5)C[C@@H](O)CC[C@]4(C)[C@H]3CC[C@]12C. The van der Waals surface area contributed by atoms with Crippen molar-refractivity contribution in [2.45, 2.75) is 110 Å². The summed E-state index contributed by atoms with van der Waals surface area (Å²) in [4.78, 5) is 4.12. The molecule has 3 N–H and O–H groups in total. The Kier molecular flexibility index (Phi) is 7.76. The van der Waals surface area contributed by atoms with Gasteiger partial charge in [0, 0.05) is 18.0 Å². The zero-order valence-corrected chi connectivity index (χ0v) is 25.5. The number of aliphatic hydroxyl groups is 2. The maximum absolute atomic E-state index is 13.2. The summed E-state index contributed by atoms with van der Waals surface area (Å²) in [6, 6.07) is 2.43. The van der Waals surface area contributed by atoms with Crippen LogP contribution in [0.4, 0.5) is 19.0 Å². The van der Waals surface area contributed by atoms with Crippen molar-refractivity contribution < 1.29 is 23.4 Å². The van der Waals surface area contributed by atoms with Crippen molar-refractivity contribution in [3.8, 4) is 0 Å². The molecule has 0 aromatic carbocycles. The minimum absolute atomic E-state index is 0.0212. The first kappa shape index (κ1) is 30.6. The van der Waals surface area contributed by atoms with Crippen LogP contribution in [-0.4, -0.2) is 32.4 Å². The lowest BCUT2D eigenvalue weighted by Crippen LogP contribution is -2.69. The van der Waals surface area contributed by atoms with Crippen LogP contribution in [0.5, 0.6) is 0 Å². The van der Waals surface area contributed by atoms with Gasteiger partial charge in [-0.3, -0.25) is 0 Å². The molecular weight excluding hydrogens is 525 g/mol. The van der Waals surface area contributed by atoms with E-state index in [1.165, 1.54) is 6.07 Å². The predicted molar refractivity (Wildman–Crippen MR) is 157 cm³/mol. The number of anilines is 1. The Morgan fingerprint density at radius 2 is 1.71 bits per heavy atom. The summed E-state index contributed by atoms with van der Waals surface area (Å²) in [6.07, 6.45) is 10.5. The fourth-order valence-electron chi connectivity index (χ4n) is 9.46. The number of halogens is 3. The van der Waals surface area contributed by atoms with Gasteiger partial charge >= 0.3 is 6.18 Å². The fourth-order valence-corrected chi connectivity index (χ4v) is 9.46. The largest absolute Gasteiger partial charge is 0.417 e. The first-order chi connectivity index (χ1) is 19.1. The van der Waals surface area contributed by atoms with Gasteiger partial charge in [0.05, 0.1) is 22.8 Å². The smallest absolute Gasteiger partial charge is 0.393 e. The van der Waals surface area contributed by atoms with Gasteiger partial charge in [0.25, 0.3) is 0 Å². The predicted octanol–water partition coefficient (Wildman–Crippen LogP) is 8.03. The number of nitrogens with one attached hydrogen (secondary N) is 1. The molecule has 0 amide bonds. The van der Waals surface area contributed by atoms with Crippen LogP contribution in [0.1, 0.15) is 92.1 Å². The maximum atomic E-state index is 13.2. The van der Waals surface area contributed by atoms with Crippen molar-refractivity contribution >= 4 is 5.82 Å². The second kappa shape index (κ2) is 10.4. The van der Waals surface area contributed by atoms with Crippen LogP contribution in [0.15, 0.2) is 42.6 Å². The molecule has 1 aromatic heterocycles. The van der Waals surface area contributed by atoms with Gasteiger partial charge in [-0.15, -0.1) is 0 Å². The average Bonchev–Trinajstić information content (AvgIpc) is 3.26. The lowest BCUT2D eigenvalue weighted by Gasteiger charge is -2.66. The van der Waals surface area contributed by atoms with E-state index in [-0.39, 0.29) is 17.3 Å². The first-order valence-corrected chi connectivity index (χ1v) is 15.7. The van der Waals surface area contributed by atoms with E-state index in [1.807, 2.05) is 12.2 Å². The Morgan fingerprint density at radius 3 is 2.34 bits per heavy atom. The molecule has 5 rings (SSSR count). The Hall–Kier alpha value is -1.86. The van der Waals surface area contributed by atoms with Crippen molar-refractivity contribution in [3.63, 3.8) is 0 Å². The molecule has 1 heterocycles. The van der Waals surface area contributed by atoms with E-state index in [9.17, 15) is 23.4 Å². The molecule has 3 fully saturated rings. The Morgan fingerprint density at radius 1 is 0.976 bits per heavy atom. The quantitative estimate of drug-likeness (QED) is 0.301. The number of pyridine rings is 1. The standard InChI is InChI=1S/C34H49F3N2O2/c1-21(2)22(3)7-8-23(4)26-10-11-27-30(26,5)15-14-28-31(6)16-13-25(40)19-32(31,17-18-33(27,28)41)39-29-12-9-24(20-38-29)34(35,36)37/h7-9,12,17-18,20-23,25-28,40-41H,10-11,13-16,19H2,1-6H3,(H,38,39)/b8-7+/t22-,23+,25-,26+,27+,28+,30+,31+,32+,33-/m0/s1. The molecule has 0 bridgehead atoms. The lowest BCUT2D eigenvalue weighted by atomic mass is 9.42. The minimum Gasteiger partial charge on any atom is -0.393 e. The van der Waals surface area contributed by atoms with Crippen molar-refractivity contribution in [1.82, 2.24) is 4.98 Å². The number of rotatable bonds is 6. The van der Waals surface area contributed by atoms with E-state index >= 15 is 0 Å². The van der Waals surface area contributed by atoms with Crippen LogP contribution in [-0.2, 0) is 6.18 Å². The second-order valence-corrected chi connectivity index (χ2v) is 14.7. The molecule has 3 saturated carbocycles. The molecule has 4 nitrogen and oxygen atoms in total. The third kappa shape index (κ3) is 4.97. The van der Waals surface area contributed by atoms with Crippen molar-refractivity contribution in [1.29, 1.82) is 0 Å². The number of alkyl halides is 3. The highest BCUT2D eigenvalue weighted by atomic mass is 19.4. The summed E-state index contributed by atoms with van der Waals surface area (Å²) < 4.78 is 39.5. The molecule has 0 radical (unpaired) electrons. The van der Waals surface area contributed by atoms with Crippen LogP contribution in [0.25, 0.3) is 0 Å². The second-order valence-electron chi connectivity index (χ2n) is 14.7. The third-order valence-electron chi connectivity index (χ3n) is 12.3. The van der Waals surface area contributed by atoms with Gasteiger partial charge in [0.15, 0.2) is 0 Å². The summed E-state index contributed by atoms with van der Waals surface area (Å²) in [5.41, 5.74) is -2.86. The summed E-state index contributed by atoms with van der Waals surface area (Å²) >= 11 is 0. The number of allylic oxidation sites excluding steroid dienone is 2. The number of aromatic nitrogens is 1. The lowest BCUT2D eigenvalue weighted by molar-refractivity contribution is -0.177. The van der Waals surface area contributed by atoms with Gasteiger partial charge in [0.2, 0.25) is 0 Å². The van der Waals surface area contributed by atoms with Crippen LogP contribution in [0.2, 0.25) is 0 Å². The number of fused-ring (bicyclic) bond motifs is 5. The minimum atomic E-state index is -4.45. The Labute approximate surface area is 243 Å². The van der Waals surface area contributed by atoms with Crippen LogP contribution in [0, 0.1) is 46.3 Å². The monoisotopic (exact) mass is 574 g/mol. The summed E-state index contributed by atoms with van der Waals surface area (Å²) in [5.74, 6) is 2.54. The number of aliphatic hydroxyl groups excluding tert-OH is 1. The van der Waals surface area contributed by atoms with E-state index in [0.29, 0.717) is 42.3 Å². The third-order valence-corrected chi connectivity index (χ3v) is 12.3.